The molecule has 12 heteroatoms. The summed E-state index contributed by atoms with van der Waals surface area (Å²) in [6.07, 6.45) is -0.215. The number of nitrogens with zero attached hydrogens (tertiary/aromatic N) is 1. The molecule has 2 aromatic carbocycles. The van der Waals surface area contributed by atoms with Gasteiger partial charge in [0.15, 0.2) is 5.79 Å². The second-order valence-corrected chi connectivity index (χ2v) is 12.4. The van der Waals surface area contributed by atoms with Crippen LogP contribution in [0.15, 0.2) is 40.8 Å². The molecular formula is C28H33FN2O8S. The standard InChI is InChI=1S/C28H33FN2O8S/c1-16-21-10-22-24(38-26(25(22)27(32)30-4)17-6-8-18(29)9-7-17)11-23(21)31(40(5,33)34)12-19(37-16)13-35-14-20-15-36-28(2,3)39-20/h6-11,16,19-20H,12-15H2,1-5H3,(H,30,32). The van der Waals surface area contributed by atoms with Crippen LogP contribution in [0.5, 0.6) is 0 Å². The first-order valence-electron chi connectivity index (χ1n) is 13.0. The van der Waals surface area contributed by atoms with E-state index in [2.05, 4.69) is 5.32 Å². The Balaban J connectivity index is 1.50. The Kier molecular flexibility index (Phi) is 7.66. The van der Waals surface area contributed by atoms with Gasteiger partial charge >= 0.3 is 0 Å². The molecule has 2 aliphatic rings. The van der Waals surface area contributed by atoms with E-state index in [1.807, 2.05) is 20.8 Å². The number of nitrogens with one attached hydrogen (secondary N) is 1. The molecule has 0 saturated carbocycles. The molecule has 5 rings (SSSR count). The summed E-state index contributed by atoms with van der Waals surface area (Å²) < 4.78 is 70.4. The lowest BCUT2D eigenvalue weighted by atomic mass is 10.0. The molecule has 1 fully saturated rings. The van der Waals surface area contributed by atoms with E-state index in [1.165, 1.54) is 35.6 Å². The zero-order valence-electron chi connectivity index (χ0n) is 23.0. The average molecular weight is 577 g/mol. The van der Waals surface area contributed by atoms with Crippen LogP contribution in [0.1, 0.15) is 42.8 Å². The number of furan rings is 1. The van der Waals surface area contributed by atoms with Gasteiger partial charge in [0, 0.05) is 29.6 Å². The van der Waals surface area contributed by atoms with E-state index in [9.17, 15) is 17.6 Å². The van der Waals surface area contributed by atoms with Crippen LogP contribution in [-0.2, 0) is 29.0 Å². The van der Waals surface area contributed by atoms with Crippen LogP contribution < -0.4 is 9.62 Å². The third-order valence-electron chi connectivity index (χ3n) is 6.95. The number of hydrogen-bond acceptors (Lipinski definition) is 8. The summed E-state index contributed by atoms with van der Waals surface area (Å²) in [4.78, 5) is 13.0. The summed E-state index contributed by atoms with van der Waals surface area (Å²) in [5.74, 6) is -1.24. The van der Waals surface area contributed by atoms with Gasteiger partial charge in [-0.15, -0.1) is 0 Å². The highest BCUT2D eigenvalue weighted by atomic mass is 32.2. The predicted octanol–water partition coefficient (Wildman–Crippen LogP) is 3.99. The van der Waals surface area contributed by atoms with Crippen molar-refractivity contribution in [3.8, 4) is 11.3 Å². The van der Waals surface area contributed by atoms with Gasteiger partial charge in [0.1, 0.15) is 29.4 Å². The van der Waals surface area contributed by atoms with E-state index >= 15 is 0 Å². The van der Waals surface area contributed by atoms with E-state index < -0.39 is 39.7 Å². The molecule has 0 bridgehead atoms. The van der Waals surface area contributed by atoms with Gasteiger partial charge < -0.3 is 28.7 Å². The lowest BCUT2D eigenvalue weighted by Crippen LogP contribution is -2.39. The largest absolute Gasteiger partial charge is 0.455 e. The van der Waals surface area contributed by atoms with Gasteiger partial charge in [-0.3, -0.25) is 9.10 Å². The summed E-state index contributed by atoms with van der Waals surface area (Å²) in [5.41, 5.74) is 2.05. The van der Waals surface area contributed by atoms with Crippen molar-refractivity contribution in [3.05, 3.63) is 53.3 Å². The third kappa shape index (κ3) is 5.72. The number of anilines is 1. The zero-order valence-corrected chi connectivity index (χ0v) is 23.8. The maximum absolute atomic E-state index is 13.6. The number of benzene rings is 2. The molecule has 1 N–H and O–H groups in total. The van der Waals surface area contributed by atoms with Gasteiger partial charge in [-0.25, -0.2) is 12.8 Å². The van der Waals surface area contributed by atoms with Gasteiger partial charge in [-0.2, -0.15) is 0 Å². The van der Waals surface area contributed by atoms with Crippen molar-refractivity contribution in [1.82, 2.24) is 5.32 Å². The molecule has 10 nitrogen and oxygen atoms in total. The molecule has 3 aromatic rings. The molecule has 3 atom stereocenters. The number of halogens is 1. The summed E-state index contributed by atoms with van der Waals surface area (Å²) >= 11 is 0. The van der Waals surface area contributed by atoms with Crippen LogP contribution >= 0.6 is 0 Å². The Bertz CT molecular complexity index is 1520. The van der Waals surface area contributed by atoms with Crippen LogP contribution in [-0.4, -0.2) is 72.0 Å². The maximum atomic E-state index is 13.6. The Morgan fingerprint density at radius 1 is 1.18 bits per heavy atom. The summed E-state index contributed by atoms with van der Waals surface area (Å²) in [6.45, 7) is 6.32. The van der Waals surface area contributed by atoms with Crippen LogP contribution in [0.2, 0.25) is 0 Å². The normalized spacial score (nSPS) is 22.8. The predicted molar refractivity (Wildman–Crippen MR) is 146 cm³/mol. The number of hydrogen-bond donors (Lipinski definition) is 1. The number of carbonyl (C=O) groups is 1. The first-order valence-corrected chi connectivity index (χ1v) is 14.8. The van der Waals surface area contributed by atoms with Crippen LogP contribution in [0, 0.1) is 5.82 Å². The van der Waals surface area contributed by atoms with E-state index in [1.54, 1.807) is 12.1 Å². The summed E-state index contributed by atoms with van der Waals surface area (Å²) in [5, 5.41) is 3.11. The highest BCUT2D eigenvalue weighted by Crippen LogP contribution is 2.42. The first kappa shape index (κ1) is 28.5. The fourth-order valence-electron chi connectivity index (χ4n) is 5.12. The molecule has 216 valence electrons. The Morgan fingerprint density at radius 3 is 2.50 bits per heavy atom. The third-order valence-corrected chi connectivity index (χ3v) is 8.09. The quantitative estimate of drug-likeness (QED) is 0.449. The molecule has 0 aliphatic carbocycles. The van der Waals surface area contributed by atoms with E-state index in [0.29, 0.717) is 34.4 Å². The average Bonchev–Trinajstić information content (AvgIpc) is 3.39. The molecule has 0 spiro atoms. The molecule has 0 radical (unpaired) electrons. The van der Waals surface area contributed by atoms with Crippen LogP contribution in [0.3, 0.4) is 0 Å². The molecule has 3 heterocycles. The van der Waals surface area contributed by atoms with Crippen molar-refractivity contribution in [2.45, 2.75) is 44.9 Å². The number of rotatable bonds is 7. The monoisotopic (exact) mass is 576 g/mol. The lowest BCUT2D eigenvalue weighted by molar-refractivity contribution is -0.147. The Hall–Kier alpha value is -3.03. The molecule has 1 aromatic heterocycles. The smallest absolute Gasteiger partial charge is 0.255 e. The molecule has 1 saturated heterocycles. The SMILES string of the molecule is CNC(=O)c1c(-c2ccc(F)cc2)oc2cc3c(cc12)C(C)OC(COCC1COC(C)(C)O1)CN3S(C)(=O)=O. The summed E-state index contributed by atoms with van der Waals surface area (Å²) in [6, 6.07) is 8.94. The minimum atomic E-state index is -3.73. The second kappa shape index (κ2) is 10.7. The van der Waals surface area contributed by atoms with Crippen molar-refractivity contribution in [3.63, 3.8) is 0 Å². The zero-order chi connectivity index (χ0) is 28.8. The maximum Gasteiger partial charge on any atom is 0.255 e. The minimum absolute atomic E-state index is 0.0169. The van der Waals surface area contributed by atoms with Gasteiger partial charge in [-0.05, 0) is 51.1 Å². The minimum Gasteiger partial charge on any atom is -0.455 e. The van der Waals surface area contributed by atoms with E-state index in [0.717, 1.165) is 6.26 Å². The molecule has 3 unspecified atom stereocenters. The first-order chi connectivity index (χ1) is 18.9. The fourth-order valence-corrected chi connectivity index (χ4v) is 6.07. The highest BCUT2D eigenvalue weighted by Gasteiger charge is 2.35. The number of amides is 1. The van der Waals surface area contributed by atoms with Gasteiger partial charge in [0.25, 0.3) is 5.91 Å². The van der Waals surface area contributed by atoms with Crippen LogP contribution in [0.25, 0.3) is 22.3 Å². The van der Waals surface area contributed by atoms with Gasteiger partial charge in [0.2, 0.25) is 10.0 Å². The molecular weight excluding hydrogens is 543 g/mol. The van der Waals surface area contributed by atoms with Crippen molar-refractivity contribution in [1.29, 1.82) is 0 Å². The lowest BCUT2D eigenvalue weighted by Gasteiger charge is -2.25. The highest BCUT2D eigenvalue weighted by molar-refractivity contribution is 7.92. The number of fused-ring (bicyclic) bond motifs is 2. The topological polar surface area (TPSA) is 117 Å². The van der Waals surface area contributed by atoms with E-state index in [-0.39, 0.29) is 37.2 Å². The fraction of sp³-hybridized carbons (Fsp3) is 0.464. The number of ether oxygens (including phenoxy) is 4. The van der Waals surface area contributed by atoms with Crippen molar-refractivity contribution in [2.24, 2.45) is 0 Å². The van der Waals surface area contributed by atoms with Crippen LogP contribution in [0.4, 0.5) is 10.1 Å². The molecule has 1 amide bonds. The van der Waals surface area contributed by atoms with Gasteiger partial charge in [-0.1, -0.05) is 0 Å². The second-order valence-electron chi connectivity index (χ2n) is 10.5. The van der Waals surface area contributed by atoms with Gasteiger partial charge in [0.05, 0.1) is 50.0 Å². The molecule has 40 heavy (non-hydrogen) atoms. The van der Waals surface area contributed by atoms with Crippen molar-refractivity contribution in [2.75, 3.05) is 44.0 Å². The van der Waals surface area contributed by atoms with E-state index in [4.69, 9.17) is 23.4 Å². The Labute approximate surface area is 232 Å². The van der Waals surface area contributed by atoms with Crippen molar-refractivity contribution < 1.29 is 41.0 Å². The number of carbonyl (C=O) groups excluding carboxylic acids is 1. The Morgan fingerprint density at radius 2 is 1.88 bits per heavy atom. The summed E-state index contributed by atoms with van der Waals surface area (Å²) in [7, 11) is -2.23. The molecule has 2 aliphatic heterocycles. The van der Waals surface area contributed by atoms with Crippen molar-refractivity contribution >= 4 is 32.6 Å². The number of sulfonamides is 1.